The highest BCUT2D eigenvalue weighted by molar-refractivity contribution is 7.10. The molecule has 0 unspecified atom stereocenters. The Hall–Kier alpha value is -1.12. The van der Waals surface area contributed by atoms with Crippen molar-refractivity contribution in [2.45, 2.75) is 6.92 Å². The first-order chi connectivity index (χ1) is 5.70. The van der Waals surface area contributed by atoms with Crippen LogP contribution in [0.2, 0.25) is 0 Å². The van der Waals surface area contributed by atoms with E-state index < -0.39 is 0 Å². The molecule has 0 aliphatic heterocycles. The Morgan fingerprint density at radius 3 is 2.83 bits per heavy atom. The zero-order chi connectivity index (χ0) is 9.14. The zero-order valence-corrected chi connectivity index (χ0v) is 7.97. The SMILES string of the molecule is CON(C)c1snc(C)c1C#N. The molecule has 5 heteroatoms. The van der Waals surface area contributed by atoms with Gasteiger partial charge in [-0.15, -0.1) is 0 Å². The highest BCUT2D eigenvalue weighted by atomic mass is 32.1. The Bertz CT molecular complexity index is 315. The minimum Gasteiger partial charge on any atom is -0.276 e. The van der Waals surface area contributed by atoms with Crippen molar-refractivity contribution < 1.29 is 4.84 Å². The summed E-state index contributed by atoms with van der Waals surface area (Å²) in [5, 5.41) is 11.0. The molecule has 1 rings (SSSR count). The van der Waals surface area contributed by atoms with Crippen LogP contribution in [-0.2, 0) is 4.84 Å². The monoisotopic (exact) mass is 183 g/mol. The lowest BCUT2D eigenvalue weighted by Gasteiger charge is -2.12. The summed E-state index contributed by atoms with van der Waals surface area (Å²) in [6.07, 6.45) is 0. The van der Waals surface area contributed by atoms with Crippen LogP contribution in [0.25, 0.3) is 0 Å². The van der Waals surface area contributed by atoms with Crippen molar-refractivity contribution in [2.75, 3.05) is 19.2 Å². The molecule has 0 spiro atoms. The third-order valence-electron chi connectivity index (χ3n) is 1.52. The normalized spacial score (nSPS) is 9.50. The van der Waals surface area contributed by atoms with E-state index >= 15 is 0 Å². The van der Waals surface area contributed by atoms with E-state index in [0.29, 0.717) is 5.56 Å². The van der Waals surface area contributed by atoms with E-state index in [-0.39, 0.29) is 0 Å². The Labute approximate surface area is 75.1 Å². The van der Waals surface area contributed by atoms with Gasteiger partial charge in [-0.2, -0.15) is 9.64 Å². The van der Waals surface area contributed by atoms with E-state index in [1.165, 1.54) is 16.6 Å². The third kappa shape index (κ3) is 1.40. The molecule has 0 radical (unpaired) electrons. The number of rotatable bonds is 2. The van der Waals surface area contributed by atoms with Gasteiger partial charge in [-0.3, -0.25) is 4.84 Å². The minimum absolute atomic E-state index is 0.587. The van der Waals surface area contributed by atoms with Crippen molar-refractivity contribution in [3.8, 4) is 6.07 Å². The van der Waals surface area contributed by atoms with Gasteiger partial charge in [0.05, 0.1) is 12.8 Å². The molecule has 0 aliphatic carbocycles. The quantitative estimate of drug-likeness (QED) is 0.649. The number of hydrogen-bond donors (Lipinski definition) is 0. The molecular weight excluding hydrogens is 174 g/mol. The van der Waals surface area contributed by atoms with E-state index in [1.54, 1.807) is 14.2 Å². The number of hydroxylamine groups is 1. The van der Waals surface area contributed by atoms with Gasteiger partial charge in [-0.25, -0.2) is 5.06 Å². The highest BCUT2D eigenvalue weighted by Crippen LogP contribution is 2.26. The first-order valence-electron chi connectivity index (χ1n) is 3.35. The summed E-state index contributed by atoms with van der Waals surface area (Å²) in [5.74, 6) is 0. The van der Waals surface area contributed by atoms with E-state index in [2.05, 4.69) is 10.4 Å². The van der Waals surface area contributed by atoms with Gasteiger partial charge in [0.15, 0.2) is 5.00 Å². The summed E-state index contributed by atoms with van der Waals surface area (Å²) in [5.41, 5.74) is 1.34. The molecule has 4 nitrogen and oxygen atoms in total. The number of anilines is 1. The molecule has 0 amide bonds. The van der Waals surface area contributed by atoms with Crippen molar-refractivity contribution in [3.63, 3.8) is 0 Å². The summed E-state index contributed by atoms with van der Waals surface area (Å²) in [6.45, 7) is 1.81. The van der Waals surface area contributed by atoms with E-state index in [0.717, 1.165) is 10.7 Å². The summed E-state index contributed by atoms with van der Waals surface area (Å²) >= 11 is 1.26. The number of hydrogen-bond acceptors (Lipinski definition) is 5. The van der Waals surface area contributed by atoms with Gasteiger partial charge in [0.25, 0.3) is 0 Å². The van der Waals surface area contributed by atoms with Crippen molar-refractivity contribution in [3.05, 3.63) is 11.3 Å². The van der Waals surface area contributed by atoms with Crippen molar-refractivity contribution in [1.82, 2.24) is 4.37 Å². The zero-order valence-electron chi connectivity index (χ0n) is 7.16. The summed E-state index contributed by atoms with van der Waals surface area (Å²) in [7, 11) is 3.30. The Balaban J connectivity index is 3.09. The summed E-state index contributed by atoms with van der Waals surface area (Å²) in [4.78, 5) is 4.94. The Morgan fingerprint density at radius 1 is 1.67 bits per heavy atom. The Morgan fingerprint density at radius 2 is 2.33 bits per heavy atom. The standard InChI is InChI=1S/C7H9N3OS/c1-5-6(4-8)7(12-9-5)10(2)11-3/h1-3H3. The molecule has 0 atom stereocenters. The van der Waals surface area contributed by atoms with Crippen LogP contribution in [0.1, 0.15) is 11.3 Å². The lowest BCUT2D eigenvalue weighted by molar-refractivity contribution is 0.186. The largest absolute Gasteiger partial charge is 0.276 e. The van der Waals surface area contributed by atoms with Gasteiger partial charge in [0.1, 0.15) is 11.6 Å². The Kier molecular flexibility index (Phi) is 2.63. The van der Waals surface area contributed by atoms with Crippen molar-refractivity contribution >= 4 is 16.5 Å². The van der Waals surface area contributed by atoms with E-state index in [1.807, 2.05) is 6.92 Å². The van der Waals surface area contributed by atoms with Crippen LogP contribution >= 0.6 is 11.5 Å². The second-order valence-corrected chi connectivity index (χ2v) is 2.99. The number of aryl methyl sites for hydroxylation is 1. The van der Waals surface area contributed by atoms with Crippen LogP contribution in [0, 0.1) is 18.3 Å². The molecule has 0 saturated heterocycles. The van der Waals surface area contributed by atoms with Gasteiger partial charge >= 0.3 is 0 Å². The molecule has 1 aromatic rings. The highest BCUT2D eigenvalue weighted by Gasteiger charge is 2.13. The van der Waals surface area contributed by atoms with Crippen molar-refractivity contribution in [2.24, 2.45) is 0 Å². The molecule has 0 saturated carbocycles. The van der Waals surface area contributed by atoms with Gasteiger partial charge < -0.3 is 0 Å². The first kappa shape index (κ1) is 8.97. The van der Waals surface area contributed by atoms with Crippen LogP contribution < -0.4 is 5.06 Å². The maximum absolute atomic E-state index is 8.77. The molecule has 1 aromatic heterocycles. The summed E-state index contributed by atoms with van der Waals surface area (Å²) < 4.78 is 4.05. The lowest BCUT2D eigenvalue weighted by Crippen LogP contribution is -2.14. The fourth-order valence-corrected chi connectivity index (χ4v) is 1.57. The predicted molar refractivity (Wildman–Crippen MR) is 47.0 cm³/mol. The molecule has 0 bridgehead atoms. The van der Waals surface area contributed by atoms with Gasteiger partial charge in [-0.05, 0) is 18.5 Å². The summed E-state index contributed by atoms with van der Waals surface area (Å²) in [6, 6.07) is 2.09. The molecule has 0 aromatic carbocycles. The topological polar surface area (TPSA) is 49.1 Å². The fourth-order valence-electron chi connectivity index (χ4n) is 0.784. The van der Waals surface area contributed by atoms with E-state index in [4.69, 9.17) is 10.1 Å². The molecule has 64 valence electrons. The minimum atomic E-state index is 0.587. The third-order valence-corrected chi connectivity index (χ3v) is 2.52. The maximum Gasteiger partial charge on any atom is 0.154 e. The molecule has 0 N–H and O–H groups in total. The predicted octanol–water partition coefficient (Wildman–Crippen LogP) is 1.32. The van der Waals surface area contributed by atoms with Gasteiger partial charge in [0, 0.05) is 7.05 Å². The fraction of sp³-hybridized carbons (Fsp3) is 0.429. The molecular formula is C7H9N3OS. The van der Waals surface area contributed by atoms with Crippen LogP contribution in [0.5, 0.6) is 0 Å². The molecule has 0 fully saturated rings. The number of nitrogens with zero attached hydrogens (tertiary/aromatic N) is 3. The first-order valence-corrected chi connectivity index (χ1v) is 4.12. The van der Waals surface area contributed by atoms with Crippen molar-refractivity contribution in [1.29, 1.82) is 5.26 Å². The smallest absolute Gasteiger partial charge is 0.154 e. The second-order valence-electron chi connectivity index (χ2n) is 2.24. The molecule has 12 heavy (non-hydrogen) atoms. The second kappa shape index (κ2) is 3.52. The molecule has 0 aliphatic rings. The van der Waals surface area contributed by atoms with Crippen LogP contribution in [-0.4, -0.2) is 18.5 Å². The van der Waals surface area contributed by atoms with Crippen LogP contribution in [0.4, 0.5) is 5.00 Å². The average molecular weight is 183 g/mol. The average Bonchev–Trinajstić information content (AvgIpc) is 2.45. The van der Waals surface area contributed by atoms with Crippen LogP contribution in [0.15, 0.2) is 0 Å². The van der Waals surface area contributed by atoms with Crippen LogP contribution in [0.3, 0.4) is 0 Å². The van der Waals surface area contributed by atoms with E-state index in [9.17, 15) is 0 Å². The molecule has 1 heterocycles. The van der Waals surface area contributed by atoms with Gasteiger partial charge in [0.2, 0.25) is 0 Å². The number of nitriles is 1. The maximum atomic E-state index is 8.77. The number of aromatic nitrogens is 1. The van der Waals surface area contributed by atoms with Gasteiger partial charge in [-0.1, -0.05) is 0 Å². The lowest BCUT2D eigenvalue weighted by atomic mass is 10.3.